The fourth-order valence-corrected chi connectivity index (χ4v) is 2.72. The van der Waals surface area contributed by atoms with Crippen molar-refractivity contribution in [3.8, 4) is 11.6 Å². The van der Waals surface area contributed by atoms with Crippen LogP contribution in [-0.2, 0) is 6.54 Å². The number of nitrogens with one attached hydrogen (secondary N) is 1. The molecule has 2 aromatic heterocycles. The fourth-order valence-electron chi connectivity index (χ4n) is 2.00. The van der Waals surface area contributed by atoms with E-state index in [1.165, 1.54) is 11.3 Å². The molecule has 0 aliphatic carbocycles. The topological polar surface area (TPSA) is 38.6 Å². The van der Waals surface area contributed by atoms with Gasteiger partial charge in [0.1, 0.15) is 23.1 Å². The monoisotopic (exact) mass is 309 g/mol. The van der Waals surface area contributed by atoms with Gasteiger partial charge in [0.05, 0.1) is 0 Å². The van der Waals surface area contributed by atoms with Crippen LogP contribution >= 0.6 is 11.3 Å². The summed E-state index contributed by atoms with van der Waals surface area (Å²) < 4.78 is 33.9. The average Bonchev–Trinajstić information content (AvgIpc) is 2.96. The van der Waals surface area contributed by atoms with Gasteiger partial charge >= 0.3 is 0 Å². The van der Waals surface area contributed by atoms with Gasteiger partial charge in [-0.05, 0) is 6.54 Å². The molecule has 0 bridgehead atoms. The minimum absolute atomic E-state index is 0.0935. The minimum Gasteiger partial charge on any atom is -0.437 e. The highest BCUT2D eigenvalue weighted by molar-refractivity contribution is 7.15. The van der Waals surface area contributed by atoms with Gasteiger partial charge < -0.3 is 10.1 Å². The van der Waals surface area contributed by atoms with Crippen LogP contribution in [0.2, 0.25) is 0 Å². The van der Waals surface area contributed by atoms with Crippen molar-refractivity contribution in [2.75, 3.05) is 6.54 Å². The fraction of sp³-hybridized carbons (Fsp3) is 0.214. The summed E-state index contributed by atoms with van der Waals surface area (Å²) in [5, 5.41) is 5.12. The van der Waals surface area contributed by atoms with Gasteiger partial charge in [0.15, 0.2) is 4.96 Å². The molecular weight excluding hydrogens is 296 g/mol. The van der Waals surface area contributed by atoms with Gasteiger partial charge in [0.25, 0.3) is 0 Å². The van der Waals surface area contributed by atoms with Crippen LogP contribution in [-0.4, -0.2) is 15.9 Å². The van der Waals surface area contributed by atoms with E-state index in [9.17, 15) is 8.78 Å². The summed E-state index contributed by atoms with van der Waals surface area (Å²) in [5.74, 6) is -0.915. The summed E-state index contributed by atoms with van der Waals surface area (Å²) in [6, 6.07) is 3.07. The molecule has 0 aliphatic rings. The lowest BCUT2D eigenvalue weighted by molar-refractivity contribution is 0.445. The summed E-state index contributed by atoms with van der Waals surface area (Å²) in [4.78, 5) is 5.13. The van der Waals surface area contributed by atoms with E-state index >= 15 is 0 Å². The third-order valence-electron chi connectivity index (χ3n) is 2.92. The Labute approximate surface area is 124 Å². The molecule has 0 saturated carbocycles. The van der Waals surface area contributed by atoms with Crippen LogP contribution in [0.3, 0.4) is 0 Å². The zero-order chi connectivity index (χ0) is 14.8. The number of fused-ring (bicyclic) bond motifs is 1. The van der Waals surface area contributed by atoms with E-state index in [0.29, 0.717) is 12.4 Å². The summed E-state index contributed by atoms with van der Waals surface area (Å²) in [6.07, 6.45) is 1.89. The van der Waals surface area contributed by atoms with E-state index in [1.54, 1.807) is 0 Å². The van der Waals surface area contributed by atoms with E-state index < -0.39 is 11.6 Å². The summed E-state index contributed by atoms with van der Waals surface area (Å²) in [7, 11) is 0. The Hall–Kier alpha value is -1.99. The van der Waals surface area contributed by atoms with E-state index in [1.807, 2.05) is 22.9 Å². The van der Waals surface area contributed by atoms with E-state index in [0.717, 1.165) is 35.4 Å². The van der Waals surface area contributed by atoms with Crippen LogP contribution in [0.15, 0.2) is 29.8 Å². The maximum atomic E-state index is 13.2. The zero-order valence-corrected chi connectivity index (χ0v) is 12.1. The highest BCUT2D eigenvalue weighted by Crippen LogP contribution is 2.28. The number of nitrogens with zero attached hydrogens (tertiary/aromatic N) is 2. The summed E-state index contributed by atoms with van der Waals surface area (Å²) >= 11 is 1.47. The number of rotatable bonds is 5. The van der Waals surface area contributed by atoms with Crippen molar-refractivity contribution in [1.29, 1.82) is 0 Å². The average molecular weight is 309 g/mol. The van der Waals surface area contributed by atoms with E-state index in [-0.39, 0.29) is 5.75 Å². The second-order valence-electron chi connectivity index (χ2n) is 4.41. The van der Waals surface area contributed by atoms with Crippen molar-refractivity contribution in [3.05, 3.63) is 47.1 Å². The Balaban J connectivity index is 1.96. The lowest BCUT2D eigenvalue weighted by atomic mass is 10.3. The summed E-state index contributed by atoms with van der Waals surface area (Å²) in [6.45, 7) is 3.35. The Kier molecular flexibility index (Phi) is 3.85. The second-order valence-corrected chi connectivity index (χ2v) is 5.28. The number of hydrogen-bond donors (Lipinski definition) is 1. The highest BCUT2D eigenvalue weighted by Gasteiger charge is 2.15. The van der Waals surface area contributed by atoms with E-state index in [2.05, 4.69) is 10.3 Å². The number of benzene rings is 1. The molecule has 3 rings (SSSR count). The predicted octanol–water partition coefficient (Wildman–Crippen LogP) is 3.58. The summed E-state index contributed by atoms with van der Waals surface area (Å²) in [5.41, 5.74) is 0.817. The number of aromatic nitrogens is 2. The van der Waals surface area contributed by atoms with Crippen molar-refractivity contribution in [3.63, 3.8) is 0 Å². The Bertz CT molecular complexity index is 749. The lowest BCUT2D eigenvalue weighted by Crippen LogP contribution is -2.13. The van der Waals surface area contributed by atoms with Gasteiger partial charge in [-0.1, -0.05) is 6.92 Å². The largest absolute Gasteiger partial charge is 0.437 e. The van der Waals surface area contributed by atoms with Crippen LogP contribution < -0.4 is 10.1 Å². The molecule has 1 N–H and O–H groups in total. The molecule has 0 atom stereocenters. The molecule has 0 saturated heterocycles. The molecular formula is C14H13F2N3OS. The molecule has 0 amide bonds. The molecule has 4 nitrogen and oxygen atoms in total. The molecule has 0 spiro atoms. The van der Waals surface area contributed by atoms with Gasteiger partial charge in [0, 0.05) is 36.3 Å². The molecule has 21 heavy (non-hydrogen) atoms. The third kappa shape index (κ3) is 2.88. The van der Waals surface area contributed by atoms with Crippen LogP contribution in [0.25, 0.3) is 4.96 Å². The Morgan fingerprint density at radius 3 is 2.76 bits per heavy atom. The van der Waals surface area contributed by atoms with Crippen molar-refractivity contribution in [2.24, 2.45) is 0 Å². The Morgan fingerprint density at radius 1 is 1.29 bits per heavy atom. The first-order chi connectivity index (χ1) is 10.2. The smallest absolute Gasteiger partial charge is 0.243 e. The predicted molar refractivity (Wildman–Crippen MR) is 76.9 cm³/mol. The number of halogens is 2. The second kappa shape index (κ2) is 5.79. The molecule has 0 radical (unpaired) electrons. The van der Waals surface area contributed by atoms with Gasteiger partial charge in [-0.25, -0.2) is 8.78 Å². The highest BCUT2D eigenvalue weighted by atomic mass is 32.1. The number of ether oxygens (including phenoxy) is 1. The molecule has 3 aromatic rings. The van der Waals surface area contributed by atoms with Crippen LogP contribution in [0, 0.1) is 11.6 Å². The molecule has 7 heteroatoms. The molecule has 0 fully saturated rings. The van der Waals surface area contributed by atoms with Crippen molar-refractivity contribution >= 4 is 16.3 Å². The lowest BCUT2D eigenvalue weighted by Gasteiger charge is -2.07. The third-order valence-corrected chi connectivity index (χ3v) is 3.67. The minimum atomic E-state index is -0.681. The van der Waals surface area contributed by atoms with Crippen LogP contribution in [0.5, 0.6) is 11.6 Å². The van der Waals surface area contributed by atoms with Crippen LogP contribution in [0.1, 0.15) is 12.6 Å². The quantitative estimate of drug-likeness (QED) is 0.783. The van der Waals surface area contributed by atoms with Crippen LogP contribution in [0.4, 0.5) is 8.78 Å². The maximum Gasteiger partial charge on any atom is 0.243 e. The first-order valence-corrected chi connectivity index (χ1v) is 7.34. The molecule has 1 aromatic carbocycles. The number of thiazole rings is 1. The first kappa shape index (κ1) is 14.0. The van der Waals surface area contributed by atoms with E-state index in [4.69, 9.17) is 4.74 Å². The van der Waals surface area contributed by atoms with Gasteiger partial charge in [-0.2, -0.15) is 4.98 Å². The van der Waals surface area contributed by atoms with Gasteiger partial charge in [-0.3, -0.25) is 4.40 Å². The van der Waals surface area contributed by atoms with Gasteiger partial charge in [0.2, 0.25) is 5.88 Å². The number of hydrogen-bond acceptors (Lipinski definition) is 4. The van der Waals surface area contributed by atoms with Crippen molar-refractivity contribution in [2.45, 2.75) is 13.5 Å². The molecule has 2 heterocycles. The molecule has 110 valence electrons. The van der Waals surface area contributed by atoms with Gasteiger partial charge in [-0.15, -0.1) is 11.3 Å². The first-order valence-electron chi connectivity index (χ1n) is 6.46. The number of imidazole rings is 1. The molecule has 0 unspecified atom stereocenters. The SMILES string of the molecule is CCNCc1c(Oc2cc(F)cc(F)c2)nc2sccn12. The normalized spacial score (nSPS) is 11.2. The maximum absolute atomic E-state index is 13.2. The molecule has 0 aliphatic heterocycles. The standard InChI is InChI=1S/C14H13F2N3OS/c1-2-17-8-12-13(18-14-19(12)3-4-21-14)20-11-6-9(15)5-10(16)7-11/h3-7,17H,2,8H2,1H3. The van der Waals surface area contributed by atoms with Crippen molar-refractivity contribution < 1.29 is 13.5 Å². The zero-order valence-electron chi connectivity index (χ0n) is 11.3. The Morgan fingerprint density at radius 2 is 2.05 bits per heavy atom. The van der Waals surface area contributed by atoms with Crippen molar-refractivity contribution in [1.82, 2.24) is 14.7 Å².